The quantitative estimate of drug-likeness (QED) is 0.251. The van der Waals surface area contributed by atoms with Crippen LogP contribution in [0, 0.1) is 0 Å². The molecule has 200 valence electrons. The topological polar surface area (TPSA) is 49.4 Å². The number of rotatable bonds is 11. The third-order valence-corrected chi connectivity index (χ3v) is 8.68. The van der Waals surface area contributed by atoms with Crippen molar-refractivity contribution in [3.63, 3.8) is 0 Å². The molecule has 1 N–H and O–H groups in total. The van der Waals surface area contributed by atoms with Crippen LogP contribution < -0.4 is 5.32 Å². The van der Waals surface area contributed by atoms with E-state index in [0.717, 1.165) is 36.8 Å². The van der Waals surface area contributed by atoms with Crippen LogP contribution in [0.25, 0.3) is 0 Å². The second-order valence-corrected chi connectivity index (χ2v) is 11.8. The van der Waals surface area contributed by atoms with Crippen LogP contribution in [-0.2, 0) is 28.3 Å². The summed E-state index contributed by atoms with van der Waals surface area (Å²) in [4.78, 5) is 29.2. The van der Waals surface area contributed by atoms with E-state index in [1.807, 2.05) is 54.6 Å². The number of hydrogen-bond donors (Lipinski definition) is 1. The molecule has 1 saturated carbocycles. The summed E-state index contributed by atoms with van der Waals surface area (Å²) in [6.07, 6.45) is 4.53. The van der Waals surface area contributed by atoms with Crippen LogP contribution in [-0.4, -0.2) is 34.6 Å². The highest BCUT2D eigenvalue weighted by Crippen LogP contribution is 2.28. The molecular formula is C30H31Cl3N2O2S. The maximum Gasteiger partial charge on any atom is 0.243 e. The predicted octanol–water partition coefficient (Wildman–Crippen LogP) is 7.58. The van der Waals surface area contributed by atoms with Crippen molar-refractivity contribution in [1.29, 1.82) is 0 Å². The highest BCUT2D eigenvalue weighted by molar-refractivity contribution is 7.99. The highest BCUT2D eigenvalue weighted by atomic mass is 35.5. The number of thioether (sulfide) groups is 1. The molecule has 3 aromatic carbocycles. The molecule has 0 radical (unpaired) electrons. The summed E-state index contributed by atoms with van der Waals surface area (Å²) in [7, 11) is 0. The monoisotopic (exact) mass is 588 g/mol. The molecule has 1 fully saturated rings. The summed E-state index contributed by atoms with van der Waals surface area (Å²) >= 11 is 20.7. The van der Waals surface area contributed by atoms with Gasteiger partial charge >= 0.3 is 0 Å². The molecule has 3 aromatic rings. The number of amides is 2. The van der Waals surface area contributed by atoms with Crippen molar-refractivity contribution < 1.29 is 9.59 Å². The maximum atomic E-state index is 13.8. The summed E-state index contributed by atoms with van der Waals surface area (Å²) < 4.78 is 0. The average molecular weight is 590 g/mol. The molecule has 1 aliphatic carbocycles. The van der Waals surface area contributed by atoms with E-state index in [0.29, 0.717) is 32.8 Å². The van der Waals surface area contributed by atoms with E-state index >= 15 is 0 Å². The van der Waals surface area contributed by atoms with Gasteiger partial charge in [-0.3, -0.25) is 9.59 Å². The number of carbonyl (C=O) groups excluding carboxylic acids is 2. The molecule has 1 atom stereocenters. The Hall–Kier alpha value is -2.18. The summed E-state index contributed by atoms with van der Waals surface area (Å²) in [6.45, 7) is 0.144. The van der Waals surface area contributed by atoms with Crippen molar-refractivity contribution in [1.82, 2.24) is 10.2 Å². The second kappa shape index (κ2) is 14.3. The van der Waals surface area contributed by atoms with Crippen LogP contribution in [0.4, 0.5) is 0 Å². The molecule has 1 aliphatic rings. The van der Waals surface area contributed by atoms with Gasteiger partial charge in [0.2, 0.25) is 11.8 Å². The Labute approximate surface area is 244 Å². The Morgan fingerprint density at radius 2 is 1.55 bits per heavy atom. The van der Waals surface area contributed by atoms with Gasteiger partial charge in [-0.25, -0.2) is 0 Å². The van der Waals surface area contributed by atoms with Crippen molar-refractivity contribution in [2.24, 2.45) is 0 Å². The summed E-state index contributed by atoms with van der Waals surface area (Å²) in [5, 5.41) is 4.82. The number of benzene rings is 3. The van der Waals surface area contributed by atoms with Gasteiger partial charge in [-0.1, -0.05) is 96.2 Å². The number of carbonyl (C=O) groups is 2. The minimum absolute atomic E-state index is 0.138. The first-order valence-corrected chi connectivity index (χ1v) is 15.1. The van der Waals surface area contributed by atoms with Crippen molar-refractivity contribution in [3.05, 3.63) is 105 Å². The molecule has 0 spiro atoms. The first kappa shape index (κ1) is 28.8. The van der Waals surface area contributed by atoms with E-state index in [4.69, 9.17) is 34.8 Å². The standard InChI is InChI=1S/C30H31Cl3N2O2S/c31-23-11-6-10-22(16-23)19-38-20-29(36)35(18-25-26(32)14-7-15-27(25)33)28(17-21-8-2-1-3-9-21)30(37)34-24-12-4-5-13-24/h1-3,6-11,14-16,24,28H,4-5,12-13,17-20H2,(H,34,37). The molecule has 1 unspecified atom stereocenters. The van der Waals surface area contributed by atoms with E-state index in [1.165, 1.54) is 11.8 Å². The van der Waals surface area contributed by atoms with Crippen LogP contribution in [0.5, 0.6) is 0 Å². The zero-order chi connectivity index (χ0) is 26.9. The van der Waals surface area contributed by atoms with Crippen LogP contribution in [0.3, 0.4) is 0 Å². The zero-order valence-electron chi connectivity index (χ0n) is 21.0. The lowest BCUT2D eigenvalue weighted by Crippen LogP contribution is -2.52. The third-order valence-electron chi connectivity index (χ3n) is 6.75. The van der Waals surface area contributed by atoms with Crippen molar-refractivity contribution in [2.45, 2.75) is 56.5 Å². The van der Waals surface area contributed by atoms with E-state index in [9.17, 15) is 9.59 Å². The largest absolute Gasteiger partial charge is 0.352 e. The van der Waals surface area contributed by atoms with E-state index in [-0.39, 0.29) is 30.2 Å². The Morgan fingerprint density at radius 1 is 0.895 bits per heavy atom. The lowest BCUT2D eigenvalue weighted by molar-refractivity contribution is -0.139. The minimum Gasteiger partial charge on any atom is -0.352 e. The number of nitrogens with one attached hydrogen (secondary N) is 1. The first-order chi connectivity index (χ1) is 18.4. The molecule has 0 heterocycles. The lowest BCUT2D eigenvalue weighted by Gasteiger charge is -2.33. The lowest BCUT2D eigenvalue weighted by atomic mass is 10.0. The Kier molecular flexibility index (Phi) is 10.8. The fourth-order valence-electron chi connectivity index (χ4n) is 4.74. The normalized spacial score (nSPS) is 14.3. The fraction of sp³-hybridized carbons (Fsp3) is 0.333. The van der Waals surface area contributed by atoms with Crippen molar-refractivity contribution in [2.75, 3.05) is 5.75 Å². The van der Waals surface area contributed by atoms with Gasteiger partial charge in [0.1, 0.15) is 6.04 Å². The fourth-order valence-corrected chi connectivity index (χ4v) is 6.33. The van der Waals surface area contributed by atoms with Gasteiger partial charge < -0.3 is 10.2 Å². The van der Waals surface area contributed by atoms with E-state index in [1.54, 1.807) is 23.1 Å². The number of halogens is 3. The Morgan fingerprint density at radius 3 is 2.24 bits per heavy atom. The Balaban J connectivity index is 1.60. The maximum absolute atomic E-state index is 13.8. The molecule has 4 nitrogen and oxygen atoms in total. The minimum atomic E-state index is -0.704. The SMILES string of the molecule is O=C(NC1CCCC1)C(Cc1ccccc1)N(Cc1c(Cl)cccc1Cl)C(=O)CSCc1cccc(Cl)c1. The van der Waals surface area contributed by atoms with Gasteiger partial charge in [0.25, 0.3) is 0 Å². The molecule has 8 heteroatoms. The molecule has 0 saturated heterocycles. The van der Waals surface area contributed by atoms with Crippen LogP contribution >= 0.6 is 46.6 Å². The number of hydrogen-bond acceptors (Lipinski definition) is 3. The summed E-state index contributed by atoms with van der Waals surface area (Å²) in [5.41, 5.74) is 2.65. The molecule has 0 aromatic heterocycles. The van der Waals surface area contributed by atoms with Crippen molar-refractivity contribution in [3.8, 4) is 0 Å². The summed E-state index contributed by atoms with van der Waals surface area (Å²) in [5.74, 6) is 0.550. The molecule has 0 bridgehead atoms. The molecule has 0 aliphatic heterocycles. The van der Waals surface area contributed by atoms with Gasteiger partial charge in [0, 0.05) is 45.4 Å². The molecule has 38 heavy (non-hydrogen) atoms. The average Bonchev–Trinajstić information content (AvgIpc) is 3.41. The van der Waals surface area contributed by atoms with Gasteiger partial charge in [-0.15, -0.1) is 11.8 Å². The smallest absolute Gasteiger partial charge is 0.243 e. The Bertz CT molecular complexity index is 1210. The van der Waals surface area contributed by atoms with E-state index < -0.39 is 6.04 Å². The molecular weight excluding hydrogens is 559 g/mol. The van der Waals surface area contributed by atoms with Gasteiger partial charge in [-0.2, -0.15) is 0 Å². The van der Waals surface area contributed by atoms with Gasteiger partial charge in [-0.05, 0) is 48.2 Å². The van der Waals surface area contributed by atoms with Gasteiger partial charge in [0.05, 0.1) is 5.75 Å². The van der Waals surface area contributed by atoms with Crippen molar-refractivity contribution >= 4 is 58.4 Å². The second-order valence-electron chi connectivity index (χ2n) is 9.54. The molecule has 4 rings (SSSR count). The predicted molar refractivity (Wildman–Crippen MR) is 159 cm³/mol. The van der Waals surface area contributed by atoms with Crippen LogP contribution in [0.1, 0.15) is 42.4 Å². The molecule has 2 amide bonds. The summed E-state index contributed by atoms with van der Waals surface area (Å²) in [6, 6.07) is 22.1. The third kappa shape index (κ3) is 8.16. The van der Waals surface area contributed by atoms with Crippen LogP contribution in [0.15, 0.2) is 72.8 Å². The van der Waals surface area contributed by atoms with E-state index in [2.05, 4.69) is 5.32 Å². The van der Waals surface area contributed by atoms with Crippen LogP contribution in [0.2, 0.25) is 15.1 Å². The highest BCUT2D eigenvalue weighted by Gasteiger charge is 2.32. The van der Waals surface area contributed by atoms with Gasteiger partial charge in [0.15, 0.2) is 0 Å². The zero-order valence-corrected chi connectivity index (χ0v) is 24.1. The first-order valence-electron chi connectivity index (χ1n) is 12.8. The number of nitrogens with zero attached hydrogens (tertiary/aromatic N) is 1.